The van der Waals surface area contributed by atoms with Crippen molar-refractivity contribution in [2.45, 2.75) is 155 Å². The van der Waals surface area contributed by atoms with Gasteiger partial charge in [-0.1, -0.05) is 52.4 Å². The van der Waals surface area contributed by atoms with Crippen LogP contribution in [0.25, 0.3) is 0 Å². The molecule has 0 bridgehead atoms. The molecule has 0 spiro atoms. The summed E-state index contributed by atoms with van der Waals surface area (Å²) >= 11 is 0. The molecule has 2 unspecified atom stereocenters. The largest absolute Gasteiger partial charge is 0.487 e. The Morgan fingerprint density at radius 1 is 0.944 bits per heavy atom. The van der Waals surface area contributed by atoms with Crippen molar-refractivity contribution >= 4 is 10.1 Å². The van der Waals surface area contributed by atoms with Gasteiger partial charge in [0.1, 0.15) is 22.7 Å². The Kier molecular flexibility index (Phi) is 10.4. The van der Waals surface area contributed by atoms with Gasteiger partial charge in [0.15, 0.2) is 0 Å². The van der Waals surface area contributed by atoms with Gasteiger partial charge in [-0.05, 0) is 97.3 Å². The van der Waals surface area contributed by atoms with Crippen LogP contribution in [0.1, 0.15) is 134 Å². The highest BCUT2D eigenvalue weighted by Gasteiger charge is 2.42. The average Bonchev–Trinajstić information content (AvgIpc) is 2.79. The van der Waals surface area contributed by atoms with Gasteiger partial charge in [0, 0.05) is 12.0 Å². The van der Waals surface area contributed by atoms with E-state index in [1.165, 1.54) is 50.5 Å². The van der Waals surface area contributed by atoms with Crippen molar-refractivity contribution in [3.05, 3.63) is 22.3 Å². The topological polar surface area (TPSA) is 72.8 Å². The number of ether oxygens (including phenoxy) is 2. The molecule has 2 atom stereocenters. The predicted molar refractivity (Wildman–Crippen MR) is 150 cm³/mol. The second-order valence-corrected chi connectivity index (χ2v) is 14.3. The summed E-state index contributed by atoms with van der Waals surface area (Å²) in [6.45, 7) is 17.8. The van der Waals surface area contributed by atoms with Crippen LogP contribution in [0.15, 0.2) is 0 Å². The van der Waals surface area contributed by atoms with Gasteiger partial charge < -0.3 is 9.47 Å². The fourth-order valence-electron chi connectivity index (χ4n) is 5.54. The van der Waals surface area contributed by atoms with Gasteiger partial charge in [-0.3, -0.25) is 4.55 Å². The minimum absolute atomic E-state index is 0.139. The second-order valence-electron chi connectivity index (χ2n) is 12.3. The summed E-state index contributed by atoms with van der Waals surface area (Å²) in [7, 11) is -4.21. The van der Waals surface area contributed by atoms with E-state index in [0.29, 0.717) is 6.42 Å². The maximum atomic E-state index is 12.0. The van der Waals surface area contributed by atoms with E-state index < -0.39 is 20.5 Å². The quantitative estimate of drug-likeness (QED) is 0.195. The van der Waals surface area contributed by atoms with Gasteiger partial charge >= 0.3 is 0 Å². The van der Waals surface area contributed by atoms with Crippen LogP contribution < -0.4 is 9.47 Å². The van der Waals surface area contributed by atoms with Crippen molar-refractivity contribution in [2.75, 3.05) is 0 Å². The number of fused-ring (bicyclic) bond motifs is 1. The van der Waals surface area contributed by atoms with Crippen molar-refractivity contribution in [2.24, 2.45) is 0 Å². The highest BCUT2D eigenvalue weighted by atomic mass is 32.2. The number of rotatable bonds is 14. The first kappa shape index (κ1) is 31.0. The van der Waals surface area contributed by atoms with Gasteiger partial charge in [0.25, 0.3) is 10.1 Å². The van der Waals surface area contributed by atoms with Crippen LogP contribution in [-0.4, -0.2) is 28.9 Å². The van der Waals surface area contributed by atoms with Crippen LogP contribution in [-0.2, 0) is 16.5 Å². The van der Waals surface area contributed by atoms with Gasteiger partial charge in [-0.2, -0.15) is 8.42 Å². The number of hydrogen-bond acceptors (Lipinski definition) is 4. The lowest BCUT2D eigenvalue weighted by Crippen LogP contribution is -2.44. The summed E-state index contributed by atoms with van der Waals surface area (Å²) in [4.78, 5) is 0. The van der Waals surface area contributed by atoms with Gasteiger partial charge in [-0.15, -0.1) is 0 Å². The standard InChI is InChI=1S/C30H52O5S/c1-10-12-13-14-15-16-17-19-30(9)20-18-25-24(5)26(22(3)23(4)27(25)35-30)34-29(8,11-2)21-28(6,7)36(31,32)33/h10-21H2,1-9H3,(H,31,32,33). The summed E-state index contributed by atoms with van der Waals surface area (Å²) in [5.41, 5.74) is 3.55. The molecule has 0 saturated carbocycles. The maximum Gasteiger partial charge on any atom is 0.270 e. The Bertz CT molecular complexity index is 997. The lowest BCUT2D eigenvalue weighted by atomic mass is 9.84. The highest BCUT2D eigenvalue weighted by molar-refractivity contribution is 7.87. The van der Waals surface area contributed by atoms with Crippen LogP contribution >= 0.6 is 0 Å². The third-order valence-electron chi connectivity index (χ3n) is 8.47. The molecule has 1 N–H and O–H groups in total. The second kappa shape index (κ2) is 12.1. The first-order chi connectivity index (χ1) is 16.6. The lowest BCUT2D eigenvalue weighted by Gasteiger charge is -2.40. The summed E-state index contributed by atoms with van der Waals surface area (Å²) in [5.74, 6) is 1.83. The zero-order chi connectivity index (χ0) is 27.4. The first-order valence-corrected chi connectivity index (χ1v) is 15.5. The van der Waals surface area contributed by atoms with Crippen molar-refractivity contribution < 1.29 is 22.4 Å². The highest BCUT2D eigenvalue weighted by Crippen LogP contribution is 2.46. The minimum atomic E-state index is -4.21. The third kappa shape index (κ3) is 7.40. The minimum Gasteiger partial charge on any atom is -0.487 e. The fourth-order valence-corrected chi connectivity index (χ4v) is 6.03. The number of unbranched alkanes of at least 4 members (excludes halogenated alkanes) is 6. The Morgan fingerprint density at radius 3 is 2.08 bits per heavy atom. The molecule has 0 radical (unpaired) electrons. The smallest absolute Gasteiger partial charge is 0.270 e. The SMILES string of the molecule is CCCCCCCCCC1(C)CCc2c(C)c(OC(C)(CC)CC(C)(C)S(=O)(=O)O)c(C)c(C)c2O1. The molecule has 36 heavy (non-hydrogen) atoms. The zero-order valence-corrected chi connectivity index (χ0v) is 25.3. The van der Waals surface area contributed by atoms with Crippen molar-refractivity contribution in [1.82, 2.24) is 0 Å². The molecule has 5 nitrogen and oxygen atoms in total. The predicted octanol–water partition coefficient (Wildman–Crippen LogP) is 8.44. The van der Waals surface area contributed by atoms with Gasteiger partial charge in [0.2, 0.25) is 0 Å². The van der Waals surface area contributed by atoms with Crippen LogP contribution in [0.3, 0.4) is 0 Å². The van der Waals surface area contributed by atoms with Crippen LogP contribution in [0, 0.1) is 20.8 Å². The molecule has 1 aliphatic heterocycles. The van der Waals surface area contributed by atoms with E-state index in [9.17, 15) is 13.0 Å². The summed E-state index contributed by atoms with van der Waals surface area (Å²) in [5, 5.41) is 0. The molecule has 1 aromatic rings. The van der Waals surface area contributed by atoms with Crippen molar-refractivity contribution in [1.29, 1.82) is 0 Å². The first-order valence-electron chi connectivity index (χ1n) is 14.1. The van der Waals surface area contributed by atoms with E-state index in [2.05, 4.69) is 34.6 Å². The van der Waals surface area contributed by atoms with Crippen LogP contribution in [0.4, 0.5) is 0 Å². The molecule has 0 amide bonds. The molecule has 208 valence electrons. The van der Waals surface area contributed by atoms with E-state index in [1.54, 1.807) is 13.8 Å². The van der Waals surface area contributed by atoms with Crippen LogP contribution in [0.5, 0.6) is 11.5 Å². The average molecular weight is 525 g/mol. The molecule has 1 aromatic carbocycles. The maximum absolute atomic E-state index is 12.0. The molecule has 0 saturated heterocycles. The summed E-state index contributed by atoms with van der Waals surface area (Å²) < 4.78 is 45.8. The summed E-state index contributed by atoms with van der Waals surface area (Å²) in [6, 6.07) is 0. The number of hydrogen-bond donors (Lipinski definition) is 1. The Morgan fingerprint density at radius 2 is 1.53 bits per heavy atom. The number of benzene rings is 1. The van der Waals surface area contributed by atoms with Crippen molar-refractivity contribution in [3.63, 3.8) is 0 Å². The molecular weight excluding hydrogens is 472 g/mol. The molecule has 2 rings (SSSR count). The van der Waals surface area contributed by atoms with E-state index in [4.69, 9.17) is 9.47 Å². The normalized spacial score (nSPS) is 19.9. The molecule has 1 heterocycles. The van der Waals surface area contributed by atoms with E-state index in [1.807, 2.05) is 13.8 Å². The van der Waals surface area contributed by atoms with Crippen LogP contribution in [0.2, 0.25) is 0 Å². The third-order valence-corrected chi connectivity index (χ3v) is 10.0. The van der Waals surface area contributed by atoms with Gasteiger partial charge in [0.05, 0.1) is 4.75 Å². The Balaban J connectivity index is 2.21. The molecule has 0 fully saturated rings. The zero-order valence-electron chi connectivity index (χ0n) is 24.5. The van der Waals surface area contributed by atoms with Crippen molar-refractivity contribution in [3.8, 4) is 11.5 Å². The molecular formula is C30H52O5S. The lowest BCUT2D eigenvalue weighted by molar-refractivity contribution is 0.0488. The van der Waals surface area contributed by atoms with E-state index >= 15 is 0 Å². The Hall–Kier alpha value is -1.27. The molecule has 0 aromatic heterocycles. The summed E-state index contributed by atoms with van der Waals surface area (Å²) in [6.07, 6.45) is 12.9. The molecule has 6 heteroatoms. The monoisotopic (exact) mass is 524 g/mol. The Labute approximate surface area is 221 Å². The van der Waals surface area contributed by atoms with E-state index in [-0.39, 0.29) is 12.0 Å². The van der Waals surface area contributed by atoms with E-state index in [0.717, 1.165) is 47.5 Å². The molecule has 1 aliphatic rings. The fraction of sp³-hybridized carbons (Fsp3) is 0.800. The molecule has 0 aliphatic carbocycles. The van der Waals surface area contributed by atoms with Gasteiger partial charge in [-0.25, -0.2) is 0 Å².